The largest absolute Gasteiger partial charge is 0.382 e. The average Bonchev–Trinajstić information content (AvgIpc) is 2.67. The summed E-state index contributed by atoms with van der Waals surface area (Å²) in [6, 6.07) is 5.37. The van der Waals surface area contributed by atoms with E-state index in [1.54, 1.807) is 6.07 Å². The molecule has 5 heteroatoms. The molecule has 0 heterocycles. The first-order valence-corrected chi connectivity index (χ1v) is 8.18. The van der Waals surface area contributed by atoms with E-state index in [4.69, 9.17) is 11.6 Å². The summed E-state index contributed by atoms with van der Waals surface area (Å²) in [7, 11) is 0. The summed E-state index contributed by atoms with van der Waals surface area (Å²) >= 11 is 5.84. The van der Waals surface area contributed by atoms with Crippen LogP contribution in [0.3, 0.4) is 0 Å². The molecule has 1 aromatic carbocycles. The second-order valence-electron chi connectivity index (χ2n) is 5.93. The second-order valence-corrected chi connectivity index (χ2v) is 6.33. The molecule has 4 nitrogen and oxygen atoms in total. The third-order valence-electron chi connectivity index (χ3n) is 4.30. The van der Waals surface area contributed by atoms with Gasteiger partial charge in [-0.3, -0.25) is 10.1 Å². The van der Waals surface area contributed by atoms with Crippen LogP contribution in [0, 0.1) is 16.0 Å². The maximum Gasteiger partial charge on any atom is 0.289 e. The third-order valence-corrected chi connectivity index (χ3v) is 4.62. The molecule has 0 amide bonds. The van der Waals surface area contributed by atoms with Crippen LogP contribution < -0.4 is 5.32 Å². The highest BCUT2D eigenvalue weighted by atomic mass is 35.5. The van der Waals surface area contributed by atoms with Gasteiger partial charge in [-0.1, -0.05) is 44.2 Å². The number of hydrogen-bond acceptors (Lipinski definition) is 3. The van der Waals surface area contributed by atoms with Crippen molar-refractivity contribution in [2.45, 2.75) is 57.9 Å². The summed E-state index contributed by atoms with van der Waals surface area (Å²) in [5, 5.41) is 14.6. The zero-order chi connectivity index (χ0) is 15.2. The molecular formula is C16H23ClN2O2. The maximum atomic E-state index is 10.9. The molecule has 0 aromatic heterocycles. The van der Waals surface area contributed by atoms with Crippen LogP contribution in [0.1, 0.15) is 51.9 Å². The van der Waals surface area contributed by atoms with Gasteiger partial charge in [0.15, 0.2) is 0 Å². The molecule has 2 atom stereocenters. The van der Waals surface area contributed by atoms with Gasteiger partial charge in [0.25, 0.3) is 5.69 Å². The quantitative estimate of drug-likeness (QED) is 0.449. The number of anilines is 1. The Morgan fingerprint density at radius 1 is 1.33 bits per heavy atom. The Morgan fingerprint density at radius 3 is 2.86 bits per heavy atom. The van der Waals surface area contributed by atoms with Crippen LogP contribution in [0.2, 0.25) is 5.02 Å². The van der Waals surface area contributed by atoms with Crippen LogP contribution >= 0.6 is 11.6 Å². The minimum absolute atomic E-state index is 0.0286. The molecule has 0 aliphatic heterocycles. The number of nitro benzene ring substituents is 1. The molecule has 1 aliphatic carbocycles. The highest BCUT2D eigenvalue weighted by Crippen LogP contribution is 2.31. The Kier molecular flexibility index (Phi) is 5.85. The Morgan fingerprint density at radius 2 is 2.14 bits per heavy atom. The number of halogens is 1. The van der Waals surface area contributed by atoms with Gasteiger partial charge in [-0.2, -0.15) is 0 Å². The van der Waals surface area contributed by atoms with Crippen LogP contribution in [0.4, 0.5) is 11.4 Å². The number of rotatable bonds is 5. The summed E-state index contributed by atoms with van der Waals surface area (Å²) < 4.78 is 0. The van der Waals surface area contributed by atoms with E-state index in [-0.39, 0.29) is 10.7 Å². The molecule has 0 bridgehead atoms. The van der Waals surface area contributed by atoms with Crippen molar-refractivity contribution in [1.29, 1.82) is 0 Å². The lowest BCUT2D eigenvalue weighted by Gasteiger charge is -2.18. The first kappa shape index (κ1) is 16.1. The molecule has 116 valence electrons. The van der Waals surface area contributed by atoms with E-state index in [1.807, 2.05) is 6.07 Å². The normalized spacial score (nSPS) is 22.6. The van der Waals surface area contributed by atoms with Gasteiger partial charge in [0.05, 0.1) is 4.92 Å². The number of benzene rings is 1. The fourth-order valence-electron chi connectivity index (χ4n) is 3.20. The minimum atomic E-state index is -0.433. The molecule has 2 unspecified atom stereocenters. The molecule has 0 spiro atoms. The zero-order valence-corrected chi connectivity index (χ0v) is 13.2. The molecule has 0 radical (unpaired) electrons. The maximum absolute atomic E-state index is 10.9. The van der Waals surface area contributed by atoms with Gasteiger partial charge in [-0.05, 0) is 37.3 Å². The lowest BCUT2D eigenvalue weighted by Crippen LogP contribution is -2.18. The van der Waals surface area contributed by atoms with Crippen molar-refractivity contribution in [2.75, 3.05) is 5.32 Å². The van der Waals surface area contributed by atoms with Crippen LogP contribution in [0.25, 0.3) is 0 Å². The molecule has 1 N–H and O–H groups in total. The van der Waals surface area contributed by atoms with Crippen molar-refractivity contribution in [3.63, 3.8) is 0 Å². The van der Waals surface area contributed by atoms with Gasteiger partial charge in [0.1, 0.15) is 5.02 Å². The molecular weight excluding hydrogens is 288 g/mol. The summed E-state index contributed by atoms with van der Waals surface area (Å²) in [5.74, 6) is 0.848. The van der Waals surface area contributed by atoms with Crippen molar-refractivity contribution in [3.05, 3.63) is 33.3 Å². The van der Waals surface area contributed by atoms with Crippen molar-refractivity contribution >= 4 is 23.0 Å². The van der Waals surface area contributed by atoms with E-state index in [2.05, 4.69) is 12.2 Å². The molecule has 0 saturated heterocycles. The number of nitrogens with zero attached hydrogens (tertiary/aromatic N) is 1. The first-order valence-electron chi connectivity index (χ1n) is 7.80. The Bertz CT molecular complexity index is 493. The van der Waals surface area contributed by atoms with E-state index in [9.17, 15) is 10.1 Å². The van der Waals surface area contributed by atoms with E-state index in [0.717, 1.165) is 24.4 Å². The van der Waals surface area contributed by atoms with Gasteiger partial charge < -0.3 is 5.32 Å². The summed E-state index contributed by atoms with van der Waals surface area (Å²) in [4.78, 5) is 10.5. The smallest absolute Gasteiger partial charge is 0.289 e. The molecule has 2 rings (SSSR count). The number of hydrogen-bond donors (Lipinski definition) is 1. The molecule has 1 fully saturated rings. The van der Waals surface area contributed by atoms with Gasteiger partial charge in [0.2, 0.25) is 0 Å². The third kappa shape index (κ3) is 4.60. The van der Waals surface area contributed by atoms with Crippen LogP contribution in [0.5, 0.6) is 0 Å². The van der Waals surface area contributed by atoms with E-state index in [0.29, 0.717) is 6.04 Å². The van der Waals surface area contributed by atoms with Crippen LogP contribution in [-0.2, 0) is 0 Å². The van der Waals surface area contributed by atoms with Gasteiger partial charge >= 0.3 is 0 Å². The average molecular weight is 311 g/mol. The SMILES string of the molecule is CCCC1CCCC(Nc2ccc(Cl)c([N+](=O)[O-])c2)CC1. The van der Waals surface area contributed by atoms with E-state index < -0.39 is 4.92 Å². The summed E-state index contributed by atoms with van der Waals surface area (Å²) in [6.07, 6.45) is 8.65. The van der Waals surface area contributed by atoms with Crippen molar-refractivity contribution in [3.8, 4) is 0 Å². The Balaban J connectivity index is 1.98. The topological polar surface area (TPSA) is 55.2 Å². The first-order chi connectivity index (χ1) is 10.1. The number of nitrogens with one attached hydrogen (secondary N) is 1. The van der Waals surface area contributed by atoms with Crippen molar-refractivity contribution < 1.29 is 4.92 Å². The van der Waals surface area contributed by atoms with E-state index >= 15 is 0 Å². The molecule has 21 heavy (non-hydrogen) atoms. The lowest BCUT2D eigenvalue weighted by molar-refractivity contribution is -0.384. The fraction of sp³-hybridized carbons (Fsp3) is 0.625. The van der Waals surface area contributed by atoms with Crippen LogP contribution in [-0.4, -0.2) is 11.0 Å². The van der Waals surface area contributed by atoms with Gasteiger partial charge in [-0.25, -0.2) is 0 Å². The van der Waals surface area contributed by atoms with Crippen LogP contribution in [0.15, 0.2) is 18.2 Å². The zero-order valence-electron chi connectivity index (χ0n) is 12.5. The Labute approximate surface area is 131 Å². The summed E-state index contributed by atoms with van der Waals surface area (Å²) in [6.45, 7) is 2.24. The minimum Gasteiger partial charge on any atom is -0.382 e. The molecule has 1 aromatic rings. The monoisotopic (exact) mass is 310 g/mol. The standard InChI is InChI=1S/C16H23ClN2O2/c1-2-4-12-5-3-6-13(8-7-12)18-14-9-10-15(17)16(11-14)19(20)21/h9-13,18H,2-8H2,1H3. The predicted molar refractivity (Wildman–Crippen MR) is 87.0 cm³/mol. The fourth-order valence-corrected chi connectivity index (χ4v) is 3.38. The molecule has 1 aliphatic rings. The highest BCUT2D eigenvalue weighted by Gasteiger charge is 2.19. The van der Waals surface area contributed by atoms with Crippen molar-refractivity contribution in [2.24, 2.45) is 5.92 Å². The van der Waals surface area contributed by atoms with E-state index in [1.165, 1.54) is 38.2 Å². The highest BCUT2D eigenvalue weighted by molar-refractivity contribution is 6.32. The Hall–Kier alpha value is -1.29. The predicted octanol–water partition coefficient (Wildman–Crippen LogP) is 5.41. The molecule has 1 saturated carbocycles. The van der Waals surface area contributed by atoms with Gasteiger partial charge in [-0.15, -0.1) is 0 Å². The van der Waals surface area contributed by atoms with Gasteiger partial charge in [0, 0.05) is 17.8 Å². The van der Waals surface area contributed by atoms with Crippen molar-refractivity contribution in [1.82, 2.24) is 0 Å². The lowest BCUT2D eigenvalue weighted by atomic mass is 9.95. The number of nitro groups is 1. The second kappa shape index (κ2) is 7.64. The summed E-state index contributed by atoms with van der Waals surface area (Å²) in [5.41, 5.74) is 0.768.